The molecule has 1 fully saturated rings. The molecule has 0 spiro atoms. The van der Waals surface area contributed by atoms with Gasteiger partial charge in [-0.1, -0.05) is 53.7 Å². The molecule has 1 aliphatic rings. The van der Waals surface area contributed by atoms with E-state index in [1.54, 1.807) is 16.7 Å². The molecule has 1 saturated heterocycles. The predicted octanol–water partition coefficient (Wildman–Crippen LogP) is 2.74. The van der Waals surface area contributed by atoms with Gasteiger partial charge in [0.2, 0.25) is 21.8 Å². The van der Waals surface area contributed by atoms with Gasteiger partial charge in [0.05, 0.1) is 10.9 Å². The molecule has 1 atom stereocenters. The SMILES string of the molecule is CC(C)c1cc(C(C)C)c(S(=O)(=O)N[C@@H](C)C(=O)N2CCN(C(=O)CCN)CC2)c(C(C)C)c1. The molecule has 0 bridgehead atoms. The summed E-state index contributed by atoms with van der Waals surface area (Å²) in [6, 6.07) is 3.06. The smallest absolute Gasteiger partial charge is 0.241 e. The molecule has 8 nitrogen and oxygen atoms in total. The molecule has 1 aromatic rings. The molecule has 0 aliphatic carbocycles. The van der Waals surface area contributed by atoms with Crippen LogP contribution in [0.5, 0.6) is 0 Å². The summed E-state index contributed by atoms with van der Waals surface area (Å²) >= 11 is 0. The van der Waals surface area contributed by atoms with E-state index in [9.17, 15) is 18.0 Å². The molecule has 1 aliphatic heterocycles. The van der Waals surface area contributed by atoms with Gasteiger partial charge in [-0.05, 0) is 41.4 Å². The number of rotatable bonds is 9. The van der Waals surface area contributed by atoms with Gasteiger partial charge in [-0.3, -0.25) is 9.59 Å². The first kappa shape index (κ1) is 28.3. The van der Waals surface area contributed by atoms with E-state index in [2.05, 4.69) is 18.6 Å². The fraction of sp³-hybridized carbons (Fsp3) is 0.680. The molecule has 0 radical (unpaired) electrons. The van der Waals surface area contributed by atoms with Crippen molar-refractivity contribution >= 4 is 21.8 Å². The number of carbonyl (C=O) groups is 2. The van der Waals surface area contributed by atoms with E-state index < -0.39 is 16.1 Å². The van der Waals surface area contributed by atoms with Crippen molar-refractivity contribution in [2.75, 3.05) is 32.7 Å². The lowest BCUT2D eigenvalue weighted by atomic mass is 9.89. The van der Waals surface area contributed by atoms with Gasteiger partial charge in [0.1, 0.15) is 0 Å². The lowest BCUT2D eigenvalue weighted by Crippen LogP contribution is -2.55. The van der Waals surface area contributed by atoms with E-state index in [1.165, 1.54) is 0 Å². The lowest BCUT2D eigenvalue weighted by molar-refractivity contribution is -0.140. The minimum Gasteiger partial charge on any atom is -0.339 e. The van der Waals surface area contributed by atoms with Crippen molar-refractivity contribution in [3.63, 3.8) is 0 Å². The van der Waals surface area contributed by atoms with Crippen LogP contribution < -0.4 is 10.5 Å². The molecular formula is C25H42N4O4S. The molecule has 2 amide bonds. The standard InChI is InChI=1S/C25H42N4O4S/c1-16(2)20-14-21(17(3)4)24(22(15-20)18(5)6)34(32,33)27-19(7)25(31)29-12-10-28(11-13-29)23(30)8-9-26/h14-19,27H,8-13,26H2,1-7H3/t19-/m0/s1. The number of amides is 2. The zero-order valence-electron chi connectivity index (χ0n) is 21.7. The maximum absolute atomic E-state index is 13.6. The summed E-state index contributed by atoms with van der Waals surface area (Å²) in [7, 11) is -3.94. The average Bonchev–Trinajstić information content (AvgIpc) is 2.77. The quantitative estimate of drug-likeness (QED) is 0.548. The molecule has 1 aromatic carbocycles. The number of hydrogen-bond donors (Lipinski definition) is 2. The molecule has 2 rings (SSSR count). The van der Waals surface area contributed by atoms with Crippen LogP contribution in [0.3, 0.4) is 0 Å². The maximum atomic E-state index is 13.6. The van der Waals surface area contributed by atoms with Crippen molar-refractivity contribution < 1.29 is 18.0 Å². The summed E-state index contributed by atoms with van der Waals surface area (Å²) < 4.78 is 29.9. The molecule has 0 saturated carbocycles. The largest absolute Gasteiger partial charge is 0.339 e. The van der Waals surface area contributed by atoms with Crippen molar-refractivity contribution in [1.29, 1.82) is 0 Å². The molecule has 3 N–H and O–H groups in total. The first-order valence-corrected chi connectivity index (χ1v) is 13.7. The Kier molecular flexibility index (Phi) is 9.68. The van der Waals surface area contributed by atoms with E-state index in [0.29, 0.717) is 37.6 Å². The number of nitrogens with two attached hydrogens (primary N) is 1. The second-order valence-electron chi connectivity index (χ2n) is 10.1. The molecular weight excluding hydrogens is 452 g/mol. The Hall–Kier alpha value is -1.97. The van der Waals surface area contributed by atoms with Gasteiger partial charge in [-0.2, -0.15) is 4.72 Å². The highest BCUT2D eigenvalue weighted by atomic mass is 32.2. The fourth-order valence-corrected chi connectivity index (χ4v) is 6.17. The van der Waals surface area contributed by atoms with E-state index in [4.69, 9.17) is 5.73 Å². The van der Waals surface area contributed by atoms with Gasteiger partial charge in [-0.25, -0.2) is 8.42 Å². The zero-order valence-corrected chi connectivity index (χ0v) is 22.5. The molecule has 192 valence electrons. The summed E-state index contributed by atoms with van der Waals surface area (Å²) in [5.41, 5.74) is 8.12. The van der Waals surface area contributed by atoms with Crippen molar-refractivity contribution in [3.8, 4) is 0 Å². The molecule has 0 aromatic heterocycles. The highest BCUT2D eigenvalue weighted by molar-refractivity contribution is 7.89. The minimum atomic E-state index is -3.94. The lowest BCUT2D eigenvalue weighted by Gasteiger charge is -2.36. The second-order valence-corrected chi connectivity index (χ2v) is 11.7. The second kappa shape index (κ2) is 11.6. The van der Waals surface area contributed by atoms with E-state index in [1.807, 2.05) is 39.8 Å². The zero-order chi connectivity index (χ0) is 25.8. The first-order chi connectivity index (χ1) is 15.8. The summed E-state index contributed by atoms with van der Waals surface area (Å²) in [6.45, 7) is 15.6. The van der Waals surface area contributed by atoms with Gasteiger partial charge in [0.15, 0.2) is 0 Å². The highest BCUT2D eigenvalue weighted by Crippen LogP contribution is 2.35. The number of hydrogen-bond acceptors (Lipinski definition) is 5. The Balaban J connectivity index is 2.27. The summed E-state index contributed by atoms with van der Waals surface area (Å²) in [4.78, 5) is 28.7. The predicted molar refractivity (Wildman–Crippen MR) is 135 cm³/mol. The highest BCUT2D eigenvalue weighted by Gasteiger charge is 2.32. The van der Waals surface area contributed by atoms with Crippen LogP contribution in [-0.2, 0) is 19.6 Å². The van der Waals surface area contributed by atoms with E-state index in [0.717, 1.165) is 16.7 Å². The van der Waals surface area contributed by atoms with Crippen molar-refractivity contribution in [3.05, 3.63) is 28.8 Å². The van der Waals surface area contributed by atoms with Crippen LogP contribution in [0.25, 0.3) is 0 Å². The normalized spacial score (nSPS) is 16.0. The molecule has 9 heteroatoms. The van der Waals surface area contributed by atoms with Crippen LogP contribution >= 0.6 is 0 Å². The van der Waals surface area contributed by atoms with Gasteiger partial charge >= 0.3 is 0 Å². The number of nitrogens with one attached hydrogen (secondary N) is 1. The van der Waals surface area contributed by atoms with Crippen LogP contribution in [0.15, 0.2) is 17.0 Å². The number of nitrogens with zero attached hydrogens (tertiary/aromatic N) is 2. The maximum Gasteiger partial charge on any atom is 0.241 e. The third-order valence-electron chi connectivity index (χ3n) is 6.35. The molecule has 0 unspecified atom stereocenters. The van der Waals surface area contributed by atoms with Gasteiger partial charge in [0, 0.05) is 39.1 Å². The third-order valence-corrected chi connectivity index (χ3v) is 8.03. The van der Waals surface area contributed by atoms with Gasteiger partial charge in [0.25, 0.3) is 0 Å². The van der Waals surface area contributed by atoms with E-state index >= 15 is 0 Å². The van der Waals surface area contributed by atoms with Crippen LogP contribution in [-0.4, -0.2) is 68.8 Å². The fourth-order valence-electron chi connectivity index (χ4n) is 4.27. The summed E-state index contributed by atoms with van der Waals surface area (Å²) in [5, 5.41) is 0. The van der Waals surface area contributed by atoms with Gasteiger partial charge in [-0.15, -0.1) is 0 Å². The number of sulfonamides is 1. The van der Waals surface area contributed by atoms with E-state index in [-0.39, 0.29) is 36.0 Å². The summed E-state index contributed by atoms with van der Waals surface area (Å²) in [6.07, 6.45) is 0.288. The minimum absolute atomic E-state index is 0.00733. The van der Waals surface area contributed by atoms with Crippen molar-refractivity contribution in [2.45, 2.75) is 83.6 Å². The summed E-state index contributed by atoms with van der Waals surface area (Å²) in [5.74, 6) is -0.0161. The molecule has 34 heavy (non-hydrogen) atoms. The number of piperazine rings is 1. The third kappa shape index (κ3) is 6.58. The number of carbonyl (C=O) groups excluding carboxylic acids is 2. The van der Waals surface area contributed by atoms with Crippen molar-refractivity contribution in [1.82, 2.24) is 14.5 Å². The van der Waals surface area contributed by atoms with Crippen LogP contribution in [0.4, 0.5) is 0 Å². The monoisotopic (exact) mass is 494 g/mol. The topological polar surface area (TPSA) is 113 Å². The average molecular weight is 495 g/mol. The van der Waals surface area contributed by atoms with Crippen LogP contribution in [0.2, 0.25) is 0 Å². The number of benzene rings is 1. The van der Waals surface area contributed by atoms with Crippen molar-refractivity contribution in [2.24, 2.45) is 5.73 Å². The Morgan fingerprint density at radius 3 is 1.76 bits per heavy atom. The first-order valence-electron chi connectivity index (χ1n) is 12.3. The Bertz CT molecular complexity index is 952. The Labute approximate surface area is 205 Å². The van der Waals surface area contributed by atoms with Gasteiger partial charge < -0.3 is 15.5 Å². The van der Waals surface area contributed by atoms with Crippen LogP contribution in [0, 0.1) is 0 Å². The Morgan fingerprint density at radius 2 is 1.35 bits per heavy atom. The Morgan fingerprint density at radius 1 is 0.882 bits per heavy atom. The molecule has 1 heterocycles. The van der Waals surface area contributed by atoms with Crippen LogP contribution in [0.1, 0.15) is 89.3 Å².